The van der Waals surface area contributed by atoms with Crippen LogP contribution in [0, 0.1) is 5.92 Å². The van der Waals surface area contributed by atoms with Crippen molar-refractivity contribution in [2.24, 2.45) is 5.92 Å². The van der Waals surface area contributed by atoms with Crippen molar-refractivity contribution in [2.75, 3.05) is 13.1 Å². The molecule has 6 heteroatoms. The van der Waals surface area contributed by atoms with Gasteiger partial charge >= 0.3 is 11.9 Å². The molecule has 0 radical (unpaired) electrons. The van der Waals surface area contributed by atoms with Crippen LogP contribution in [0.1, 0.15) is 12.5 Å². The molecule has 1 aliphatic rings. The van der Waals surface area contributed by atoms with Crippen molar-refractivity contribution < 1.29 is 19.8 Å². The second-order valence-corrected chi connectivity index (χ2v) is 5.89. The van der Waals surface area contributed by atoms with Gasteiger partial charge in [0.2, 0.25) is 0 Å². The molecule has 0 aliphatic carbocycles. The van der Waals surface area contributed by atoms with E-state index in [0.717, 1.165) is 13.1 Å². The van der Waals surface area contributed by atoms with Gasteiger partial charge in [0.05, 0.1) is 0 Å². The molecule has 116 valence electrons. The topological polar surface area (TPSA) is 86.6 Å². The lowest BCUT2D eigenvalue weighted by molar-refractivity contribution is -0.159. The van der Waals surface area contributed by atoms with Gasteiger partial charge in [0, 0.05) is 17.8 Å². The number of carbonyl (C=O) groups is 2. The highest BCUT2D eigenvalue weighted by atomic mass is 32.1. The van der Waals surface area contributed by atoms with Crippen LogP contribution in [0.5, 0.6) is 0 Å². The van der Waals surface area contributed by atoms with Crippen LogP contribution in [0.3, 0.4) is 0 Å². The lowest BCUT2D eigenvalue weighted by Crippen LogP contribution is -2.26. The summed E-state index contributed by atoms with van der Waals surface area (Å²) < 4.78 is 1.43. The Kier molecular flexibility index (Phi) is 5.30. The number of hydrogen-bond acceptors (Lipinski definition) is 4. The first-order chi connectivity index (χ1) is 10.5. The first-order valence-electron chi connectivity index (χ1n) is 6.84. The summed E-state index contributed by atoms with van der Waals surface area (Å²) >= 11 is 1.85. The number of rotatable bonds is 1. The number of carboxylic acids is 2. The Morgan fingerprint density at radius 2 is 1.95 bits per heavy atom. The fourth-order valence-electron chi connectivity index (χ4n) is 2.39. The van der Waals surface area contributed by atoms with E-state index in [0.29, 0.717) is 5.92 Å². The number of carboxylic acid groups (broad SMARTS) is 2. The minimum Gasteiger partial charge on any atom is -0.473 e. The Bertz CT molecular complexity index is 708. The standard InChI is InChI=1S/C14H15NS.C2H2O4/c1-10-9-15-7-5-12(10)13-4-2-3-11-6-8-16-14(11)13;3-1(4)2(5)6/h2-6,8,10,15H,7,9H2,1H3;(H,3,4)(H,5,6). The van der Waals surface area contributed by atoms with Gasteiger partial charge in [-0.3, -0.25) is 0 Å². The highest BCUT2D eigenvalue weighted by Gasteiger charge is 2.16. The highest BCUT2D eigenvalue weighted by Crippen LogP contribution is 2.33. The summed E-state index contributed by atoms with van der Waals surface area (Å²) in [6.07, 6.45) is 2.34. The normalized spacial score (nSPS) is 17.3. The van der Waals surface area contributed by atoms with Crippen molar-refractivity contribution in [1.29, 1.82) is 0 Å². The molecular formula is C16H17NO4S. The molecule has 22 heavy (non-hydrogen) atoms. The van der Waals surface area contributed by atoms with Crippen molar-refractivity contribution >= 4 is 38.9 Å². The zero-order valence-electron chi connectivity index (χ0n) is 12.1. The number of fused-ring (bicyclic) bond motifs is 1. The van der Waals surface area contributed by atoms with E-state index in [9.17, 15) is 0 Å². The molecule has 3 rings (SSSR count). The van der Waals surface area contributed by atoms with E-state index < -0.39 is 11.9 Å². The number of aliphatic carboxylic acids is 2. The van der Waals surface area contributed by atoms with Crippen molar-refractivity contribution in [3.05, 3.63) is 41.3 Å². The molecule has 2 aromatic rings. The monoisotopic (exact) mass is 319 g/mol. The van der Waals surface area contributed by atoms with Gasteiger partial charge < -0.3 is 15.5 Å². The molecule has 1 aromatic carbocycles. The van der Waals surface area contributed by atoms with Gasteiger partial charge in [-0.25, -0.2) is 9.59 Å². The molecular weight excluding hydrogens is 302 g/mol. The maximum absolute atomic E-state index is 9.10. The summed E-state index contributed by atoms with van der Waals surface area (Å²) in [6, 6.07) is 8.82. The van der Waals surface area contributed by atoms with Crippen LogP contribution in [0.2, 0.25) is 0 Å². The molecule has 1 atom stereocenters. The van der Waals surface area contributed by atoms with Gasteiger partial charge in [0.15, 0.2) is 0 Å². The van der Waals surface area contributed by atoms with Crippen molar-refractivity contribution in [3.63, 3.8) is 0 Å². The molecule has 2 heterocycles. The smallest absolute Gasteiger partial charge is 0.414 e. The van der Waals surface area contributed by atoms with E-state index >= 15 is 0 Å². The zero-order chi connectivity index (χ0) is 16.1. The zero-order valence-corrected chi connectivity index (χ0v) is 12.9. The van der Waals surface area contributed by atoms with E-state index in [1.807, 2.05) is 11.3 Å². The Morgan fingerprint density at radius 3 is 2.59 bits per heavy atom. The molecule has 0 amide bonds. The lowest BCUT2D eigenvalue weighted by atomic mass is 9.91. The van der Waals surface area contributed by atoms with Gasteiger partial charge in [-0.2, -0.15) is 0 Å². The minimum absolute atomic E-state index is 0.612. The molecule has 1 aliphatic heterocycles. The third kappa shape index (κ3) is 3.72. The lowest BCUT2D eigenvalue weighted by Gasteiger charge is -2.22. The Hall–Kier alpha value is -2.18. The highest BCUT2D eigenvalue weighted by molar-refractivity contribution is 7.17. The van der Waals surface area contributed by atoms with Crippen LogP contribution in [0.15, 0.2) is 35.7 Å². The maximum Gasteiger partial charge on any atom is 0.414 e. The quantitative estimate of drug-likeness (QED) is 0.704. The summed E-state index contributed by atoms with van der Waals surface area (Å²) in [4.78, 5) is 18.2. The van der Waals surface area contributed by atoms with E-state index in [4.69, 9.17) is 19.8 Å². The van der Waals surface area contributed by atoms with Crippen LogP contribution in [0.4, 0.5) is 0 Å². The van der Waals surface area contributed by atoms with Gasteiger partial charge in [-0.1, -0.05) is 31.2 Å². The molecule has 0 saturated heterocycles. The third-order valence-corrected chi connectivity index (χ3v) is 4.38. The summed E-state index contributed by atoms with van der Waals surface area (Å²) in [5.41, 5.74) is 2.94. The van der Waals surface area contributed by atoms with E-state index in [-0.39, 0.29) is 0 Å². The molecule has 1 unspecified atom stereocenters. The molecule has 3 N–H and O–H groups in total. The van der Waals surface area contributed by atoms with Gasteiger partial charge in [-0.05, 0) is 33.9 Å². The van der Waals surface area contributed by atoms with Crippen LogP contribution in [0.25, 0.3) is 15.7 Å². The predicted molar refractivity (Wildman–Crippen MR) is 87.1 cm³/mol. The number of nitrogens with one attached hydrogen (secondary N) is 1. The summed E-state index contributed by atoms with van der Waals surface area (Å²) in [6.45, 7) is 4.39. The molecule has 0 saturated carbocycles. The maximum atomic E-state index is 9.10. The Balaban J connectivity index is 0.000000254. The summed E-state index contributed by atoms with van der Waals surface area (Å²) in [5, 5.41) is 21.7. The molecule has 0 bridgehead atoms. The summed E-state index contributed by atoms with van der Waals surface area (Å²) in [5.74, 6) is -3.04. The molecule has 0 fully saturated rings. The largest absolute Gasteiger partial charge is 0.473 e. The summed E-state index contributed by atoms with van der Waals surface area (Å²) in [7, 11) is 0. The van der Waals surface area contributed by atoms with Crippen molar-refractivity contribution in [3.8, 4) is 0 Å². The van der Waals surface area contributed by atoms with Crippen molar-refractivity contribution in [2.45, 2.75) is 6.92 Å². The number of thiophene rings is 1. The third-order valence-electron chi connectivity index (χ3n) is 3.42. The molecule has 0 spiro atoms. The van der Waals surface area contributed by atoms with Crippen LogP contribution in [-0.4, -0.2) is 35.2 Å². The Morgan fingerprint density at radius 1 is 1.23 bits per heavy atom. The predicted octanol–water partition coefficient (Wildman–Crippen LogP) is 2.68. The number of hydrogen-bond donors (Lipinski definition) is 3. The van der Waals surface area contributed by atoms with Gasteiger partial charge in [0.1, 0.15) is 0 Å². The second-order valence-electron chi connectivity index (χ2n) is 4.97. The van der Waals surface area contributed by atoms with Crippen LogP contribution >= 0.6 is 11.3 Å². The van der Waals surface area contributed by atoms with Gasteiger partial charge in [-0.15, -0.1) is 11.3 Å². The Labute approximate surface area is 131 Å². The van der Waals surface area contributed by atoms with Gasteiger partial charge in [0.25, 0.3) is 0 Å². The van der Waals surface area contributed by atoms with E-state index in [2.05, 4.69) is 48.0 Å². The first-order valence-corrected chi connectivity index (χ1v) is 7.72. The van der Waals surface area contributed by atoms with Crippen LogP contribution in [-0.2, 0) is 9.59 Å². The van der Waals surface area contributed by atoms with Crippen LogP contribution < -0.4 is 5.32 Å². The second kappa shape index (κ2) is 7.20. The molecule has 5 nitrogen and oxygen atoms in total. The minimum atomic E-state index is -1.82. The average molecular weight is 319 g/mol. The fourth-order valence-corrected chi connectivity index (χ4v) is 3.32. The fraction of sp³-hybridized carbons (Fsp3) is 0.250. The average Bonchev–Trinajstić information content (AvgIpc) is 2.97. The van der Waals surface area contributed by atoms with E-state index in [1.165, 1.54) is 21.2 Å². The SMILES string of the molecule is CC1CNCC=C1c1cccc2ccsc12.O=C(O)C(=O)O. The van der Waals surface area contributed by atoms with E-state index in [1.54, 1.807) is 0 Å². The molecule has 1 aromatic heterocycles. The van der Waals surface area contributed by atoms with Crippen molar-refractivity contribution in [1.82, 2.24) is 5.32 Å². The number of benzene rings is 1. The first kappa shape index (κ1) is 16.2.